The van der Waals surface area contributed by atoms with Crippen molar-refractivity contribution >= 4 is 29.4 Å². The number of amides is 2. The van der Waals surface area contributed by atoms with Gasteiger partial charge in [-0.3, -0.25) is 14.4 Å². The summed E-state index contributed by atoms with van der Waals surface area (Å²) in [5, 5.41) is 8.81. The van der Waals surface area contributed by atoms with Gasteiger partial charge in [0.05, 0.1) is 6.04 Å². The summed E-state index contributed by atoms with van der Waals surface area (Å²) < 4.78 is 0. The minimum absolute atomic E-state index is 0.0130. The van der Waals surface area contributed by atoms with E-state index in [4.69, 9.17) is 0 Å². The third kappa shape index (κ3) is 8.11. The van der Waals surface area contributed by atoms with Crippen LogP contribution in [0.2, 0.25) is 0 Å². The van der Waals surface area contributed by atoms with Crippen molar-refractivity contribution in [1.82, 2.24) is 16.0 Å². The van der Waals surface area contributed by atoms with Crippen molar-refractivity contribution in [2.24, 2.45) is 11.3 Å². The largest absolute Gasteiger partial charge is 0.344 e. The number of hydrogen-bond donors (Lipinski definition) is 3. The van der Waals surface area contributed by atoms with Gasteiger partial charge in [0.15, 0.2) is 5.78 Å². The Morgan fingerprint density at radius 2 is 1.63 bits per heavy atom. The van der Waals surface area contributed by atoms with Gasteiger partial charge in [0.1, 0.15) is 6.04 Å². The van der Waals surface area contributed by atoms with E-state index in [1.54, 1.807) is 23.9 Å². The highest BCUT2D eigenvalue weighted by atomic mass is 32.2. The molecule has 1 aromatic rings. The highest BCUT2D eigenvalue weighted by Crippen LogP contribution is 2.20. The van der Waals surface area contributed by atoms with Gasteiger partial charge in [-0.25, -0.2) is 0 Å². The predicted molar refractivity (Wildman–Crippen MR) is 125 cm³/mol. The van der Waals surface area contributed by atoms with Crippen molar-refractivity contribution in [3.63, 3.8) is 0 Å². The Hall–Kier alpha value is -1.86. The number of nitrogens with one attached hydrogen (secondary N) is 3. The van der Waals surface area contributed by atoms with E-state index in [0.717, 1.165) is 17.9 Å². The van der Waals surface area contributed by atoms with Crippen LogP contribution in [0.5, 0.6) is 0 Å². The molecule has 2 amide bonds. The van der Waals surface area contributed by atoms with Crippen LogP contribution in [0.1, 0.15) is 57.0 Å². The molecule has 6 nitrogen and oxygen atoms in total. The Labute approximate surface area is 185 Å². The van der Waals surface area contributed by atoms with Gasteiger partial charge in [0.2, 0.25) is 5.91 Å². The molecule has 0 fully saturated rings. The first-order valence-corrected chi connectivity index (χ1v) is 11.8. The number of benzene rings is 1. The van der Waals surface area contributed by atoms with E-state index in [2.05, 4.69) is 16.0 Å². The van der Waals surface area contributed by atoms with Crippen LogP contribution in [0, 0.1) is 11.3 Å². The number of hydrogen-bond acceptors (Lipinski definition) is 5. The number of thioether (sulfide) groups is 1. The molecule has 1 rings (SSSR count). The van der Waals surface area contributed by atoms with E-state index < -0.39 is 17.5 Å². The van der Waals surface area contributed by atoms with Crippen LogP contribution in [-0.2, 0) is 16.1 Å². The van der Waals surface area contributed by atoms with Gasteiger partial charge in [-0.1, -0.05) is 46.8 Å². The fourth-order valence-corrected chi connectivity index (χ4v) is 3.45. The summed E-state index contributed by atoms with van der Waals surface area (Å²) in [6, 6.07) is 6.00. The van der Waals surface area contributed by atoms with Gasteiger partial charge < -0.3 is 16.0 Å². The zero-order valence-corrected chi connectivity index (χ0v) is 20.1. The Bertz CT molecular complexity index is 711. The minimum Gasteiger partial charge on any atom is -0.344 e. The second-order valence-corrected chi connectivity index (χ2v) is 9.86. The van der Waals surface area contributed by atoms with Crippen molar-refractivity contribution in [2.45, 2.75) is 59.7 Å². The monoisotopic (exact) mass is 435 g/mol. The van der Waals surface area contributed by atoms with Crippen molar-refractivity contribution in [1.29, 1.82) is 0 Å². The van der Waals surface area contributed by atoms with Crippen molar-refractivity contribution < 1.29 is 14.4 Å². The molecule has 2 atom stereocenters. The molecule has 0 radical (unpaired) electrons. The first-order valence-electron chi connectivity index (χ1n) is 10.4. The molecule has 30 heavy (non-hydrogen) atoms. The van der Waals surface area contributed by atoms with E-state index in [1.165, 1.54) is 0 Å². The molecule has 0 aromatic heterocycles. The van der Waals surface area contributed by atoms with Crippen molar-refractivity contribution in [3.8, 4) is 0 Å². The number of carbonyl (C=O) groups is 3. The Morgan fingerprint density at radius 3 is 2.10 bits per heavy atom. The molecule has 0 spiro atoms. The molecule has 0 saturated carbocycles. The number of ketones is 1. The first kappa shape index (κ1) is 26.2. The van der Waals surface area contributed by atoms with E-state index >= 15 is 0 Å². The lowest BCUT2D eigenvalue weighted by Gasteiger charge is -2.29. The second kappa shape index (κ2) is 12.1. The summed E-state index contributed by atoms with van der Waals surface area (Å²) in [6.45, 7) is 10.1. The Balaban J connectivity index is 2.94. The topological polar surface area (TPSA) is 87.3 Å². The third-order valence-electron chi connectivity index (χ3n) is 4.82. The lowest BCUT2D eigenvalue weighted by Crippen LogP contribution is -2.55. The molecule has 168 valence electrons. The quantitative estimate of drug-likeness (QED) is 0.497. The number of Topliss-reactive ketones (excluding diaryl/α,β-unsaturated/α-hetero) is 1. The van der Waals surface area contributed by atoms with Crippen LogP contribution in [0.3, 0.4) is 0 Å². The summed E-state index contributed by atoms with van der Waals surface area (Å²) in [4.78, 5) is 38.5. The molecule has 3 N–H and O–H groups in total. The summed E-state index contributed by atoms with van der Waals surface area (Å²) in [5.41, 5.74) is 1.02. The normalized spacial score (nSPS) is 13.6. The van der Waals surface area contributed by atoms with E-state index in [-0.39, 0.29) is 23.5 Å². The number of rotatable bonds is 11. The Kier molecular flexibility index (Phi) is 10.6. The number of carbonyl (C=O) groups excluding carboxylic acids is 3. The van der Waals surface area contributed by atoms with Crippen LogP contribution in [0.25, 0.3) is 0 Å². The smallest absolute Gasteiger partial charge is 0.251 e. The average molecular weight is 436 g/mol. The molecule has 1 aromatic carbocycles. The SMILES string of the molecule is CNCc1ccc(C(=O)NC(CCSC)C(=O)NC(C(=O)C(C)(C)C)C(C)C)cc1. The van der Waals surface area contributed by atoms with Crippen LogP contribution in [0.15, 0.2) is 24.3 Å². The van der Waals surface area contributed by atoms with E-state index in [0.29, 0.717) is 12.0 Å². The van der Waals surface area contributed by atoms with Crippen molar-refractivity contribution in [3.05, 3.63) is 35.4 Å². The fourth-order valence-electron chi connectivity index (χ4n) is 2.98. The zero-order chi connectivity index (χ0) is 22.9. The average Bonchev–Trinajstić information content (AvgIpc) is 2.68. The van der Waals surface area contributed by atoms with Gasteiger partial charge in [-0.05, 0) is 49.1 Å². The maximum absolute atomic E-state index is 13.0. The van der Waals surface area contributed by atoms with E-state index in [9.17, 15) is 14.4 Å². The summed E-state index contributed by atoms with van der Waals surface area (Å²) in [7, 11) is 1.87. The fraction of sp³-hybridized carbons (Fsp3) is 0.609. The molecule has 7 heteroatoms. The molecule has 0 saturated heterocycles. The predicted octanol–water partition coefficient (Wildman–Crippen LogP) is 3.01. The van der Waals surface area contributed by atoms with Crippen LogP contribution >= 0.6 is 11.8 Å². The minimum atomic E-state index is -0.698. The third-order valence-corrected chi connectivity index (χ3v) is 5.46. The molecule has 0 heterocycles. The van der Waals surface area contributed by atoms with Gasteiger partial charge in [-0.2, -0.15) is 11.8 Å². The van der Waals surface area contributed by atoms with Crippen LogP contribution in [-0.4, -0.2) is 48.7 Å². The first-order chi connectivity index (χ1) is 14.0. The van der Waals surface area contributed by atoms with E-state index in [1.807, 2.05) is 60.1 Å². The van der Waals surface area contributed by atoms with Gasteiger partial charge in [0, 0.05) is 17.5 Å². The summed E-state index contributed by atoms with van der Waals surface area (Å²) >= 11 is 1.61. The van der Waals surface area contributed by atoms with Gasteiger partial charge >= 0.3 is 0 Å². The van der Waals surface area contributed by atoms with Crippen LogP contribution < -0.4 is 16.0 Å². The summed E-state index contributed by atoms with van der Waals surface area (Å²) in [5.74, 6) is 0.0492. The standard InChI is InChI=1S/C23H37N3O3S/c1-15(2)19(20(27)23(3,4)5)26-22(29)18(12-13-30-7)25-21(28)17-10-8-16(9-11-17)14-24-6/h8-11,15,18-19,24H,12-14H2,1-7H3,(H,25,28)(H,26,29). The Morgan fingerprint density at radius 1 is 1.03 bits per heavy atom. The molecule has 0 aliphatic carbocycles. The van der Waals surface area contributed by atoms with Gasteiger partial charge in [-0.15, -0.1) is 0 Å². The zero-order valence-electron chi connectivity index (χ0n) is 19.3. The second-order valence-electron chi connectivity index (χ2n) is 8.88. The molecular weight excluding hydrogens is 398 g/mol. The maximum atomic E-state index is 13.0. The van der Waals surface area contributed by atoms with Crippen molar-refractivity contribution in [2.75, 3.05) is 19.1 Å². The summed E-state index contributed by atoms with van der Waals surface area (Å²) in [6.07, 6.45) is 2.45. The highest BCUT2D eigenvalue weighted by molar-refractivity contribution is 7.98. The molecule has 0 bridgehead atoms. The molecule has 0 aliphatic rings. The molecule has 2 unspecified atom stereocenters. The van der Waals surface area contributed by atoms with Gasteiger partial charge in [0.25, 0.3) is 5.91 Å². The lowest BCUT2D eigenvalue weighted by atomic mass is 9.82. The lowest BCUT2D eigenvalue weighted by molar-refractivity contribution is -0.134. The maximum Gasteiger partial charge on any atom is 0.251 e. The molecular formula is C23H37N3O3S. The highest BCUT2D eigenvalue weighted by Gasteiger charge is 2.34. The molecule has 0 aliphatic heterocycles. The van der Waals surface area contributed by atoms with Crippen LogP contribution in [0.4, 0.5) is 0 Å².